The van der Waals surface area contributed by atoms with Crippen molar-refractivity contribution < 1.29 is 4.79 Å². The summed E-state index contributed by atoms with van der Waals surface area (Å²) in [7, 11) is 0. The van der Waals surface area contributed by atoms with Gasteiger partial charge < -0.3 is 11.1 Å². The smallest absolute Gasteiger partial charge is 0.227 e. The minimum Gasteiger partial charge on any atom is -0.349 e. The third kappa shape index (κ3) is 2.81. The molecule has 1 fully saturated rings. The van der Waals surface area contributed by atoms with Crippen LogP contribution in [0.1, 0.15) is 50.3 Å². The maximum atomic E-state index is 12.3. The van der Waals surface area contributed by atoms with Crippen LogP contribution in [0.3, 0.4) is 0 Å². The van der Waals surface area contributed by atoms with Crippen molar-refractivity contribution in [3.05, 3.63) is 35.4 Å². The van der Waals surface area contributed by atoms with Gasteiger partial charge in [-0.3, -0.25) is 4.79 Å². The fourth-order valence-corrected chi connectivity index (χ4v) is 2.60. The van der Waals surface area contributed by atoms with Gasteiger partial charge in [-0.1, -0.05) is 37.6 Å². The van der Waals surface area contributed by atoms with Crippen molar-refractivity contribution in [1.82, 2.24) is 5.32 Å². The summed E-state index contributed by atoms with van der Waals surface area (Å²) in [5.74, 6) is 0.119. The van der Waals surface area contributed by atoms with Gasteiger partial charge in [0, 0.05) is 6.54 Å². The molecule has 0 aliphatic heterocycles. The SMILES string of the molecule is CCc1ccc(C(C)NC(=O)C2(CN)CCC2)cc1. The molecule has 3 nitrogen and oxygen atoms in total. The third-order valence-corrected chi connectivity index (χ3v) is 4.42. The zero-order valence-electron chi connectivity index (χ0n) is 11.9. The lowest BCUT2D eigenvalue weighted by atomic mass is 9.68. The van der Waals surface area contributed by atoms with Crippen molar-refractivity contribution in [1.29, 1.82) is 0 Å². The van der Waals surface area contributed by atoms with Crippen LogP contribution < -0.4 is 11.1 Å². The second-order valence-electron chi connectivity index (χ2n) is 5.63. The van der Waals surface area contributed by atoms with Gasteiger partial charge in [-0.2, -0.15) is 0 Å². The van der Waals surface area contributed by atoms with Crippen LogP contribution in [-0.2, 0) is 11.2 Å². The van der Waals surface area contributed by atoms with E-state index >= 15 is 0 Å². The van der Waals surface area contributed by atoms with Crippen molar-refractivity contribution >= 4 is 5.91 Å². The van der Waals surface area contributed by atoms with Crippen molar-refractivity contribution in [2.24, 2.45) is 11.1 Å². The average molecular weight is 260 g/mol. The van der Waals surface area contributed by atoms with Crippen LogP contribution in [0.4, 0.5) is 0 Å². The maximum Gasteiger partial charge on any atom is 0.227 e. The van der Waals surface area contributed by atoms with Crippen LogP contribution >= 0.6 is 0 Å². The largest absolute Gasteiger partial charge is 0.349 e. The normalized spacial score (nSPS) is 18.5. The molecule has 19 heavy (non-hydrogen) atoms. The number of amides is 1. The molecular weight excluding hydrogens is 236 g/mol. The molecule has 1 amide bonds. The third-order valence-electron chi connectivity index (χ3n) is 4.42. The summed E-state index contributed by atoms with van der Waals surface area (Å²) in [6.07, 6.45) is 4.01. The molecule has 0 saturated heterocycles. The quantitative estimate of drug-likeness (QED) is 0.855. The van der Waals surface area contributed by atoms with Gasteiger partial charge in [-0.25, -0.2) is 0 Å². The number of nitrogens with one attached hydrogen (secondary N) is 1. The summed E-state index contributed by atoms with van der Waals surface area (Å²) >= 11 is 0. The Kier molecular flexibility index (Phi) is 4.25. The first-order valence-electron chi connectivity index (χ1n) is 7.21. The topological polar surface area (TPSA) is 55.1 Å². The summed E-state index contributed by atoms with van der Waals surface area (Å²) in [5.41, 5.74) is 7.94. The molecule has 104 valence electrons. The number of carbonyl (C=O) groups is 1. The molecule has 3 N–H and O–H groups in total. The van der Waals surface area contributed by atoms with Crippen molar-refractivity contribution in [3.63, 3.8) is 0 Å². The molecule has 1 aromatic carbocycles. The molecule has 0 bridgehead atoms. The molecule has 0 heterocycles. The Labute approximate surface area is 115 Å². The predicted molar refractivity (Wildman–Crippen MR) is 77.7 cm³/mol. The van der Waals surface area contributed by atoms with Crippen LogP contribution in [0, 0.1) is 5.41 Å². The highest BCUT2D eigenvalue weighted by Gasteiger charge is 2.43. The van der Waals surface area contributed by atoms with Crippen molar-refractivity contribution in [2.75, 3.05) is 6.54 Å². The monoisotopic (exact) mass is 260 g/mol. The van der Waals surface area contributed by atoms with E-state index in [1.807, 2.05) is 6.92 Å². The lowest BCUT2D eigenvalue weighted by Crippen LogP contribution is -2.50. The Balaban J connectivity index is 1.99. The van der Waals surface area contributed by atoms with E-state index in [9.17, 15) is 4.79 Å². The molecule has 1 saturated carbocycles. The second-order valence-corrected chi connectivity index (χ2v) is 5.63. The predicted octanol–water partition coefficient (Wildman–Crippen LogP) is 2.56. The van der Waals surface area contributed by atoms with Gasteiger partial charge in [-0.15, -0.1) is 0 Å². The van der Waals surface area contributed by atoms with Gasteiger partial charge in [0.1, 0.15) is 0 Å². The molecule has 2 rings (SSSR count). The van der Waals surface area contributed by atoms with E-state index in [2.05, 4.69) is 36.5 Å². The number of rotatable bonds is 5. The molecule has 0 spiro atoms. The van der Waals surface area contributed by atoms with Crippen LogP contribution in [0.2, 0.25) is 0 Å². The fraction of sp³-hybridized carbons (Fsp3) is 0.562. The van der Waals surface area contributed by atoms with Gasteiger partial charge in [0.2, 0.25) is 5.91 Å². The van der Waals surface area contributed by atoms with Crippen LogP contribution in [0.25, 0.3) is 0 Å². The second kappa shape index (κ2) is 5.74. The molecule has 3 heteroatoms. The van der Waals surface area contributed by atoms with Crippen LogP contribution in [-0.4, -0.2) is 12.5 Å². The lowest BCUT2D eigenvalue weighted by Gasteiger charge is -2.39. The minimum atomic E-state index is -0.294. The van der Waals surface area contributed by atoms with Crippen LogP contribution in [0.15, 0.2) is 24.3 Å². The molecule has 1 atom stereocenters. The first kappa shape index (κ1) is 14.1. The summed E-state index contributed by atoms with van der Waals surface area (Å²) in [6.45, 7) is 4.63. The standard InChI is InChI=1S/C16H24N2O/c1-3-13-5-7-14(8-6-13)12(2)18-15(19)16(11-17)9-4-10-16/h5-8,12H,3-4,9-11,17H2,1-2H3,(H,18,19). The Bertz CT molecular complexity index is 429. The summed E-state index contributed by atoms with van der Waals surface area (Å²) in [5, 5.41) is 3.11. The Hall–Kier alpha value is -1.35. The molecule has 0 aromatic heterocycles. The van der Waals surface area contributed by atoms with Gasteiger partial charge in [0.15, 0.2) is 0 Å². The average Bonchev–Trinajstić information content (AvgIpc) is 2.38. The van der Waals surface area contributed by atoms with Gasteiger partial charge >= 0.3 is 0 Å². The van der Waals surface area contributed by atoms with E-state index in [0.29, 0.717) is 6.54 Å². The number of hydrogen-bond acceptors (Lipinski definition) is 2. The highest BCUT2D eigenvalue weighted by molar-refractivity contribution is 5.84. The van der Waals surface area contributed by atoms with E-state index in [1.54, 1.807) is 0 Å². The first-order valence-corrected chi connectivity index (χ1v) is 7.21. The van der Waals surface area contributed by atoms with Crippen molar-refractivity contribution in [3.8, 4) is 0 Å². The maximum absolute atomic E-state index is 12.3. The van der Waals surface area contributed by atoms with E-state index in [4.69, 9.17) is 5.73 Å². The molecule has 1 unspecified atom stereocenters. The number of hydrogen-bond donors (Lipinski definition) is 2. The summed E-state index contributed by atoms with van der Waals surface area (Å²) < 4.78 is 0. The summed E-state index contributed by atoms with van der Waals surface area (Å²) in [4.78, 5) is 12.3. The molecule has 0 radical (unpaired) electrons. The van der Waals surface area contributed by atoms with Gasteiger partial charge in [-0.05, 0) is 37.3 Å². The van der Waals surface area contributed by atoms with Crippen molar-refractivity contribution in [2.45, 2.75) is 45.6 Å². The number of aryl methyl sites for hydroxylation is 1. The molecule has 1 aliphatic rings. The highest BCUT2D eigenvalue weighted by atomic mass is 16.2. The van der Waals surface area contributed by atoms with E-state index < -0.39 is 0 Å². The number of carbonyl (C=O) groups excluding carboxylic acids is 1. The summed E-state index contributed by atoms with van der Waals surface area (Å²) in [6, 6.07) is 8.49. The molecular formula is C16H24N2O. The Morgan fingerprint density at radius 2 is 2.00 bits per heavy atom. The number of nitrogens with two attached hydrogens (primary N) is 1. The zero-order chi connectivity index (χ0) is 13.9. The van der Waals surface area contributed by atoms with E-state index in [1.165, 1.54) is 5.56 Å². The number of benzene rings is 1. The zero-order valence-corrected chi connectivity index (χ0v) is 11.9. The van der Waals surface area contributed by atoms with Crippen LogP contribution in [0.5, 0.6) is 0 Å². The minimum absolute atomic E-state index is 0.0439. The Morgan fingerprint density at radius 1 is 1.37 bits per heavy atom. The van der Waals surface area contributed by atoms with E-state index in [0.717, 1.165) is 31.2 Å². The lowest BCUT2D eigenvalue weighted by molar-refractivity contribution is -0.135. The first-order chi connectivity index (χ1) is 9.11. The fourth-order valence-electron chi connectivity index (χ4n) is 2.60. The highest BCUT2D eigenvalue weighted by Crippen LogP contribution is 2.40. The molecule has 1 aliphatic carbocycles. The molecule has 1 aromatic rings. The Morgan fingerprint density at radius 3 is 2.42 bits per heavy atom. The van der Waals surface area contributed by atoms with E-state index in [-0.39, 0.29) is 17.4 Å². The van der Waals surface area contributed by atoms with Gasteiger partial charge in [0.05, 0.1) is 11.5 Å². The van der Waals surface area contributed by atoms with Gasteiger partial charge in [0.25, 0.3) is 0 Å².